The molecule has 1 amide bonds. The van der Waals surface area contributed by atoms with Crippen molar-refractivity contribution in [3.05, 3.63) is 35.7 Å². The number of nitriles is 1. The lowest BCUT2D eigenvalue weighted by atomic mass is 10.2. The second kappa shape index (κ2) is 7.03. The molecule has 102 valence electrons. The number of anilines is 1. The number of hydrogen-bond acceptors (Lipinski definition) is 6. The van der Waals surface area contributed by atoms with Gasteiger partial charge in [-0.2, -0.15) is 9.64 Å². The molecule has 0 saturated heterocycles. The molecule has 0 aliphatic rings. The summed E-state index contributed by atoms with van der Waals surface area (Å²) in [5.74, 6) is 1.37. The maximum Gasteiger partial charge on any atom is 0.225 e. The second-order valence-electron chi connectivity index (χ2n) is 3.94. The quantitative estimate of drug-likeness (QED) is 0.859. The molecule has 7 heteroatoms. The van der Waals surface area contributed by atoms with E-state index < -0.39 is 0 Å². The fraction of sp³-hybridized carbons (Fsp3) is 0.231. The third-order valence-corrected chi connectivity index (χ3v) is 4.29. The van der Waals surface area contributed by atoms with Gasteiger partial charge >= 0.3 is 0 Å². The van der Waals surface area contributed by atoms with Crippen molar-refractivity contribution in [1.29, 1.82) is 5.26 Å². The van der Waals surface area contributed by atoms with E-state index in [0.717, 1.165) is 10.2 Å². The van der Waals surface area contributed by atoms with Crippen LogP contribution in [-0.2, 0) is 4.79 Å². The van der Waals surface area contributed by atoms with Crippen LogP contribution in [0, 0.1) is 18.3 Å². The summed E-state index contributed by atoms with van der Waals surface area (Å²) in [4.78, 5) is 16.0. The van der Waals surface area contributed by atoms with Crippen LogP contribution in [-0.4, -0.2) is 21.0 Å². The standard InChI is InChI=1S/C13H12N4OS2/c1-9-15-13(20-17-9)19-7-6-12(18)16-11-4-2-10(8-14)3-5-11/h2-5H,6-7H2,1H3,(H,16,18). The normalized spacial score (nSPS) is 10.0. The van der Waals surface area contributed by atoms with Crippen LogP contribution in [0.4, 0.5) is 5.69 Å². The number of nitrogens with zero attached hydrogens (tertiary/aromatic N) is 3. The molecule has 0 bridgehead atoms. The van der Waals surface area contributed by atoms with Crippen molar-refractivity contribution in [2.75, 3.05) is 11.1 Å². The predicted octanol–water partition coefficient (Wildman–Crippen LogP) is 2.84. The zero-order chi connectivity index (χ0) is 14.4. The van der Waals surface area contributed by atoms with Crippen LogP contribution in [0.1, 0.15) is 17.8 Å². The monoisotopic (exact) mass is 304 g/mol. The van der Waals surface area contributed by atoms with Crippen molar-refractivity contribution in [2.45, 2.75) is 17.7 Å². The van der Waals surface area contributed by atoms with Gasteiger partial charge in [0.05, 0.1) is 11.6 Å². The van der Waals surface area contributed by atoms with Crippen molar-refractivity contribution in [3.63, 3.8) is 0 Å². The molecule has 0 aliphatic heterocycles. The molecule has 5 nitrogen and oxygen atoms in total. The van der Waals surface area contributed by atoms with Crippen molar-refractivity contribution in [1.82, 2.24) is 9.36 Å². The van der Waals surface area contributed by atoms with Crippen LogP contribution in [0.15, 0.2) is 28.6 Å². The molecule has 1 aromatic heterocycles. The van der Waals surface area contributed by atoms with Gasteiger partial charge in [-0.25, -0.2) is 4.98 Å². The van der Waals surface area contributed by atoms with Crippen LogP contribution in [0.3, 0.4) is 0 Å². The van der Waals surface area contributed by atoms with Crippen molar-refractivity contribution < 1.29 is 4.79 Å². The van der Waals surface area contributed by atoms with E-state index in [0.29, 0.717) is 23.4 Å². The molecule has 0 unspecified atom stereocenters. The van der Waals surface area contributed by atoms with E-state index in [1.807, 2.05) is 13.0 Å². The Morgan fingerprint density at radius 3 is 2.80 bits per heavy atom. The first-order chi connectivity index (χ1) is 9.67. The molecule has 1 N–H and O–H groups in total. The summed E-state index contributed by atoms with van der Waals surface area (Å²) in [5.41, 5.74) is 1.27. The van der Waals surface area contributed by atoms with Crippen molar-refractivity contribution >= 4 is 34.9 Å². The van der Waals surface area contributed by atoms with Gasteiger partial charge in [0.15, 0.2) is 4.34 Å². The Kier molecular flexibility index (Phi) is 5.09. The molecular formula is C13H12N4OS2. The first-order valence-corrected chi connectivity index (χ1v) is 7.66. The Morgan fingerprint density at radius 2 is 2.20 bits per heavy atom. The van der Waals surface area contributed by atoms with Crippen LogP contribution < -0.4 is 5.32 Å². The molecule has 2 rings (SSSR count). The number of carbonyl (C=O) groups is 1. The minimum absolute atomic E-state index is 0.0524. The van der Waals surface area contributed by atoms with Gasteiger partial charge in [-0.3, -0.25) is 4.79 Å². The average molecular weight is 304 g/mol. The summed E-state index contributed by atoms with van der Waals surface area (Å²) < 4.78 is 4.96. The Labute approximate surface area is 125 Å². The molecule has 0 aliphatic carbocycles. The topological polar surface area (TPSA) is 78.7 Å². The van der Waals surface area contributed by atoms with E-state index in [-0.39, 0.29) is 5.91 Å². The lowest BCUT2D eigenvalue weighted by molar-refractivity contribution is -0.115. The third kappa shape index (κ3) is 4.33. The van der Waals surface area contributed by atoms with E-state index in [2.05, 4.69) is 14.7 Å². The number of thioether (sulfide) groups is 1. The molecule has 0 saturated carbocycles. The highest BCUT2D eigenvalue weighted by Crippen LogP contribution is 2.20. The van der Waals surface area contributed by atoms with Gasteiger partial charge < -0.3 is 5.32 Å². The smallest absolute Gasteiger partial charge is 0.225 e. The highest BCUT2D eigenvalue weighted by Gasteiger charge is 2.05. The number of benzene rings is 1. The number of aromatic nitrogens is 2. The number of hydrogen-bond donors (Lipinski definition) is 1. The second-order valence-corrected chi connectivity index (χ2v) is 6.04. The molecule has 0 atom stereocenters. The summed E-state index contributed by atoms with van der Waals surface area (Å²) in [7, 11) is 0. The first kappa shape index (κ1) is 14.5. The number of amides is 1. The van der Waals surface area contributed by atoms with Gasteiger partial charge in [-0.05, 0) is 42.7 Å². The zero-order valence-corrected chi connectivity index (χ0v) is 12.4. The number of aryl methyl sites for hydroxylation is 1. The Morgan fingerprint density at radius 1 is 1.45 bits per heavy atom. The lowest BCUT2D eigenvalue weighted by Crippen LogP contribution is -2.12. The largest absolute Gasteiger partial charge is 0.326 e. The molecule has 0 fully saturated rings. The Bertz CT molecular complexity index is 631. The molecular weight excluding hydrogens is 292 g/mol. The molecule has 0 radical (unpaired) electrons. The van der Waals surface area contributed by atoms with E-state index in [1.165, 1.54) is 23.3 Å². The lowest BCUT2D eigenvalue weighted by Gasteiger charge is -2.04. The summed E-state index contributed by atoms with van der Waals surface area (Å²) in [6, 6.07) is 8.82. The summed E-state index contributed by atoms with van der Waals surface area (Å²) in [6.07, 6.45) is 0.406. The number of rotatable bonds is 5. The highest BCUT2D eigenvalue weighted by molar-refractivity contribution is 8.00. The third-order valence-electron chi connectivity index (χ3n) is 2.36. The van der Waals surface area contributed by atoms with Crippen LogP contribution in [0.25, 0.3) is 0 Å². The predicted molar refractivity (Wildman–Crippen MR) is 79.8 cm³/mol. The first-order valence-electron chi connectivity index (χ1n) is 5.90. The van der Waals surface area contributed by atoms with E-state index in [1.54, 1.807) is 24.3 Å². The maximum absolute atomic E-state index is 11.7. The number of carbonyl (C=O) groups excluding carboxylic acids is 1. The summed E-state index contributed by atoms with van der Waals surface area (Å²) >= 11 is 2.88. The van der Waals surface area contributed by atoms with E-state index >= 15 is 0 Å². The molecule has 1 aromatic carbocycles. The molecule has 1 heterocycles. The van der Waals surface area contributed by atoms with E-state index in [9.17, 15) is 4.79 Å². The summed E-state index contributed by atoms with van der Waals surface area (Å²) in [6.45, 7) is 1.85. The minimum Gasteiger partial charge on any atom is -0.326 e. The van der Waals surface area contributed by atoms with Gasteiger partial charge in [-0.15, -0.1) is 0 Å². The Balaban J connectivity index is 1.76. The SMILES string of the molecule is Cc1nsc(SCCC(=O)Nc2ccc(C#N)cc2)n1. The van der Waals surface area contributed by atoms with Crippen molar-refractivity contribution in [3.8, 4) is 6.07 Å². The van der Waals surface area contributed by atoms with Gasteiger partial charge in [0, 0.05) is 17.9 Å². The van der Waals surface area contributed by atoms with Crippen LogP contribution >= 0.6 is 23.3 Å². The number of nitrogens with one attached hydrogen (secondary N) is 1. The van der Waals surface area contributed by atoms with E-state index in [4.69, 9.17) is 5.26 Å². The minimum atomic E-state index is -0.0524. The fourth-order valence-electron chi connectivity index (χ4n) is 1.42. The average Bonchev–Trinajstić information content (AvgIpc) is 2.85. The Hall–Kier alpha value is -1.91. The maximum atomic E-state index is 11.7. The van der Waals surface area contributed by atoms with Crippen molar-refractivity contribution in [2.24, 2.45) is 0 Å². The molecule has 0 spiro atoms. The zero-order valence-electron chi connectivity index (χ0n) is 10.8. The summed E-state index contributed by atoms with van der Waals surface area (Å²) in [5, 5.41) is 11.5. The van der Waals surface area contributed by atoms with Gasteiger partial charge in [0.1, 0.15) is 5.82 Å². The van der Waals surface area contributed by atoms with Crippen LogP contribution in [0.2, 0.25) is 0 Å². The van der Waals surface area contributed by atoms with Gasteiger partial charge in [0.25, 0.3) is 0 Å². The van der Waals surface area contributed by atoms with Crippen LogP contribution in [0.5, 0.6) is 0 Å². The highest BCUT2D eigenvalue weighted by atomic mass is 32.2. The van der Waals surface area contributed by atoms with Gasteiger partial charge in [0.2, 0.25) is 5.91 Å². The fourth-order valence-corrected chi connectivity index (χ4v) is 3.07. The molecule has 20 heavy (non-hydrogen) atoms. The van der Waals surface area contributed by atoms with Gasteiger partial charge in [-0.1, -0.05) is 11.8 Å². The molecule has 2 aromatic rings.